The van der Waals surface area contributed by atoms with Crippen LogP contribution in [0.25, 0.3) is 0 Å². The minimum Gasteiger partial charge on any atom is -0.358 e. The first-order chi connectivity index (χ1) is 9.76. The van der Waals surface area contributed by atoms with Gasteiger partial charge in [0.15, 0.2) is 0 Å². The molecule has 122 valence electrons. The van der Waals surface area contributed by atoms with Crippen molar-refractivity contribution >= 4 is 11.8 Å². The number of nitrogens with two attached hydrogens (primary N) is 1. The summed E-state index contributed by atoms with van der Waals surface area (Å²) in [6.07, 6.45) is 0.806. The van der Waals surface area contributed by atoms with E-state index in [1.54, 1.807) is 7.05 Å². The number of piperazine rings is 1. The van der Waals surface area contributed by atoms with Gasteiger partial charge in [0.05, 0.1) is 12.5 Å². The van der Waals surface area contributed by atoms with Crippen LogP contribution in [0, 0.1) is 11.3 Å². The van der Waals surface area contributed by atoms with Crippen LogP contribution in [0.2, 0.25) is 0 Å². The van der Waals surface area contributed by atoms with Crippen LogP contribution in [-0.2, 0) is 9.59 Å². The van der Waals surface area contributed by atoms with E-state index < -0.39 is 0 Å². The van der Waals surface area contributed by atoms with E-state index in [-0.39, 0.29) is 23.1 Å². The maximum Gasteiger partial charge on any atom is 0.233 e. The van der Waals surface area contributed by atoms with Gasteiger partial charge < -0.3 is 16.0 Å². The van der Waals surface area contributed by atoms with E-state index in [0.29, 0.717) is 26.2 Å². The fraction of sp³-hybridized carbons (Fsp3) is 0.867. The minimum absolute atomic E-state index is 0.0161. The van der Waals surface area contributed by atoms with E-state index in [1.807, 2.05) is 4.90 Å². The summed E-state index contributed by atoms with van der Waals surface area (Å²) in [5, 5.41) is 2.62. The second-order valence-corrected chi connectivity index (χ2v) is 6.97. The zero-order valence-electron chi connectivity index (χ0n) is 13.8. The second-order valence-electron chi connectivity index (χ2n) is 6.97. The lowest BCUT2D eigenvalue weighted by atomic mass is 9.84. The maximum absolute atomic E-state index is 12.5. The number of carbonyl (C=O) groups is 2. The highest BCUT2D eigenvalue weighted by Crippen LogP contribution is 2.25. The number of amides is 2. The summed E-state index contributed by atoms with van der Waals surface area (Å²) >= 11 is 0. The molecule has 0 aliphatic carbocycles. The molecule has 1 fully saturated rings. The highest BCUT2D eigenvalue weighted by atomic mass is 16.2. The first-order valence-electron chi connectivity index (χ1n) is 7.68. The average molecular weight is 298 g/mol. The van der Waals surface area contributed by atoms with E-state index >= 15 is 0 Å². The van der Waals surface area contributed by atoms with E-state index in [4.69, 9.17) is 5.73 Å². The molecule has 1 aliphatic rings. The van der Waals surface area contributed by atoms with Gasteiger partial charge in [-0.1, -0.05) is 20.8 Å². The lowest BCUT2D eigenvalue weighted by Gasteiger charge is -2.37. The largest absolute Gasteiger partial charge is 0.358 e. The van der Waals surface area contributed by atoms with Crippen molar-refractivity contribution in [1.29, 1.82) is 0 Å². The van der Waals surface area contributed by atoms with Crippen LogP contribution >= 0.6 is 0 Å². The van der Waals surface area contributed by atoms with E-state index in [9.17, 15) is 9.59 Å². The van der Waals surface area contributed by atoms with Crippen LogP contribution in [0.3, 0.4) is 0 Å². The van der Waals surface area contributed by atoms with Crippen molar-refractivity contribution in [1.82, 2.24) is 15.1 Å². The van der Waals surface area contributed by atoms with Gasteiger partial charge in [-0.25, -0.2) is 0 Å². The molecule has 1 saturated heterocycles. The number of hydrogen-bond acceptors (Lipinski definition) is 4. The molecule has 6 heteroatoms. The summed E-state index contributed by atoms with van der Waals surface area (Å²) in [7, 11) is 1.64. The van der Waals surface area contributed by atoms with Crippen molar-refractivity contribution in [2.75, 3.05) is 46.3 Å². The molecule has 1 aliphatic heterocycles. The van der Waals surface area contributed by atoms with Gasteiger partial charge in [-0.2, -0.15) is 0 Å². The average Bonchev–Trinajstić information content (AvgIpc) is 2.43. The third-order valence-electron chi connectivity index (χ3n) is 3.82. The molecule has 0 aromatic rings. The predicted molar refractivity (Wildman–Crippen MR) is 83.7 cm³/mol. The highest BCUT2D eigenvalue weighted by Gasteiger charge is 2.29. The molecular weight excluding hydrogens is 268 g/mol. The third kappa shape index (κ3) is 6.01. The fourth-order valence-electron chi connectivity index (χ4n) is 2.68. The molecule has 6 nitrogen and oxygen atoms in total. The van der Waals surface area contributed by atoms with Gasteiger partial charge in [0.25, 0.3) is 0 Å². The van der Waals surface area contributed by atoms with Crippen LogP contribution < -0.4 is 11.1 Å². The quantitative estimate of drug-likeness (QED) is 0.742. The van der Waals surface area contributed by atoms with Gasteiger partial charge in [-0.3, -0.25) is 14.5 Å². The molecule has 0 aromatic heterocycles. The number of nitrogens with one attached hydrogen (secondary N) is 1. The summed E-state index contributed by atoms with van der Waals surface area (Å²) < 4.78 is 0. The summed E-state index contributed by atoms with van der Waals surface area (Å²) in [6, 6.07) is 0. The van der Waals surface area contributed by atoms with Crippen molar-refractivity contribution in [3.05, 3.63) is 0 Å². The van der Waals surface area contributed by atoms with Gasteiger partial charge >= 0.3 is 0 Å². The second kappa shape index (κ2) is 7.75. The molecule has 1 unspecified atom stereocenters. The standard InChI is InChI=1S/C15H30N4O2/c1-15(2,3)9-12(10-16)14(21)19-7-5-18(6-8-19)11-13(20)17-4/h12H,5-11,16H2,1-4H3,(H,17,20). The zero-order chi connectivity index (χ0) is 16.0. The van der Waals surface area contributed by atoms with E-state index in [1.165, 1.54) is 0 Å². The van der Waals surface area contributed by atoms with Gasteiger partial charge in [0, 0.05) is 39.8 Å². The summed E-state index contributed by atoms with van der Waals surface area (Å²) in [5.74, 6) is 0.0739. The monoisotopic (exact) mass is 298 g/mol. The smallest absolute Gasteiger partial charge is 0.233 e. The molecule has 1 atom stereocenters. The van der Waals surface area contributed by atoms with Crippen molar-refractivity contribution < 1.29 is 9.59 Å². The van der Waals surface area contributed by atoms with Crippen LogP contribution in [0.15, 0.2) is 0 Å². The Morgan fingerprint density at radius 3 is 2.19 bits per heavy atom. The Balaban J connectivity index is 2.48. The number of hydrogen-bond donors (Lipinski definition) is 2. The van der Waals surface area contributed by atoms with Crippen molar-refractivity contribution in [3.63, 3.8) is 0 Å². The Kier molecular flexibility index (Phi) is 6.61. The number of rotatable bonds is 5. The Morgan fingerprint density at radius 1 is 1.19 bits per heavy atom. The summed E-state index contributed by atoms with van der Waals surface area (Å²) in [4.78, 5) is 27.9. The van der Waals surface area contributed by atoms with Gasteiger partial charge in [0.1, 0.15) is 0 Å². The number of likely N-dealkylation sites (N-methyl/N-ethyl adjacent to an activating group) is 1. The number of carbonyl (C=O) groups excluding carboxylic acids is 2. The fourth-order valence-corrected chi connectivity index (χ4v) is 2.68. The van der Waals surface area contributed by atoms with E-state index in [0.717, 1.165) is 19.5 Å². The maximum atomic E-state index is 12.5. The first kappa shape index (κ1) is 17.9. The Hall–Kier alpha value is -1.14. The lowest BCUT2D eigenvalue weighted by molar-refractivity contribution is -0.138. The first-order valence-corrected chi connectivity index (χ1v) is 7.68. The minimum atomic E-state index is -0.101. The normalized spacial score (nSPS) is 18.4. The Morgan fingerprint density at radius 2 is 1.76 bits per heavy atom. The Labute approximate surface area is 128 Å². The predicted octanol–water partition coefficient (Wildman–Crippen LogP) is -0.112. The summed E-state index contributed by atoms with van der Waals surface area (Å²) in [6.45, 7) is 10.0. The topological polar surface area (TPSA) is 78.7 Å². The van der Waals surface area contributed by atoms with Gasteiger partial charge in [-0.05, 0) is 11.8 Å². The highest BCUT2D eigenvalue weighted by molar-refractivity contribution is 5.79. The molecule has 0 saturated carbocycles. The van der Waals surface area contributed by atoms with Crippen LogP contribution in [0.4, 0.5) is 0 Å². The molecule has 0 spiro atoms. The Bertz CT molecular complexity index is 357. The van der Waals surface area contributed by atoms with Gasteiger partial charge in [-0.15, -0.1) is 0 Å². The van der Waals surface area contributed by atoms with Crippen molar-refractivity contribution in [3.8, 4) is 0 Å². The molecular formula is C15H30N4O2. The van der Waals surface area contributed by atoms with Crippen LogP contribution in [-0.4, -0.2) is 67.9 Å². The summed E-state index contributed by atoms with van der Waals surface area (Å²) in [5.41, 5.74) is 5.89. The van der Waals surface area contributed by atoms with E-state index in [2.05, 4.69) is 31.0 Å². The molecule has 1 heterocycles. The third-order valence-corrected chi connectivity index (χ3v) is 3.82. The molecule has 2 amide bonds. The van der Waals surface area contributed by atoms with Crippen LogP contribution in [0.1, 0.15) is 27.2 Å². The van der Waals surface area contributed by atoms with Gasteiger partial charge in [0.2, 0.25) is 11.8 Å². The molecule has 3 N–H and O–H groups in total. The molecule has 1 rings (SSSR count). The van der Waals surface area contributed by atoms with Crippen molar-refractivity contribution in [2.45, 2.75) is 27.2 Å². The zero-order valence-corrected chi connectivity index (χ0v) is 13.8. The van der Waals surface area contributed by atoms with Crippen molar-refractivity contribution in [2.24, 2.45) is 17.1 Å². The molecule has 21 heavy (non-hydrogen) atoms. The van der Waals surface area contributed by atoms with Crippen LogP contribution in [0.5, 0.6) is 0 Å². The molecule has 0 radical (unpaired) electrons. The molecule has 0 bridgehead atoms. The number of nitrogens with zero attached hydrogens (tertiary/aromatic N) is 2. The SMILES string of the molecule is CNC(=O)CN1CCN(C(=O)C(CN)CC(C)(C)C)CC1. The lowest BCUT2D eigenvalue weighted by Crippen LogP contribution is -2.53. The molecule has 0 aromatic carbocycles.